The molecule has 26 heavy (non-hydrogen) atoms. The second-order valence-electron chi connectivity index (χ2n) is 5.94. The highest BCUT2D eigenvalue weighted by atomic mass is 16.5. The number of hydrogen-bond acceptors (Lipinski definition) is 3. The summed E-state index contributed by atoms with van der Waals surface area (Å²) >= 11 is 0. The number of likely N-dealkylation sites (tertiary alicyclic amines) is 1. The van der Waals surface area contributed by atoms with Crippen LogP contribution >= 0.6 is 0 Å². The fourth-order valence-corrected chi connectivity index (χ4v) is 2.97. The van der Waals surface area contributed by atoms with Gasteiger partial charge in [-0.05, 0) is 37.1 Å². The average molecular weight is 352 g/mol. The molecule has 134 valence electrons. The monoisotopic (exact) mass is 352 g/mol. The van der Waals surface area contributed by atoms with Gasteiger partial charge < -0.3 is 21.1 Å². The number of benzene rings is 2. The normalized spacial score (nSPS) is 16.2. The second-order valence-corrected chi connectivity index (χ2v) is 5.94. The maximum atomic E-state index is 13.0. The Bertz CT molecular complexity index is 832. The Balaban J connectivity index is 1.86. The van der Waals surface area contributed by atoms with Crippen molar-refractivity contribution in [3.63, 3.8) is 0 Å². The lowest BCUT2D eigenvalue weighted by Crippen LogP contribution is -2.41. The van der Waals surface area contributed by atoms with E-state index >= 15 is 0 Å². The highest BCUT2D eigenvalue weighted by Crippen LogP contribution is 2.29. The quantitative estimate of drug-likeness (QED) is 0.645. The number of rotatable bonds is 4. The molecule has 0 bridgehead atoms. The van der Waals surface area contributed by atoms with Gasteiger partial charge in [0.2, 0.25) is 0 Å². The van der Waals surface area contributed by atoms with Crippen molar-refractivity contribution in [2.24, 2.45) is 16.5 Å². The molecule has 1 fully saturated rings. The molecule has 7 nitrogen and oxygen atoms in total. The molecule has 0 aromatic heterocycles. The van der Waals surface area contributed by atoms with E-state index in [-0.39, 0.29) is 11.9 Å². The molecule has 0 aliphatic carbocycles. The molecule has 0 radical (unpaired) electrons. The number of hydrogen-bond donors (Lipinski definition) is 2. The number of para-hydroxylation sites is 2. The Morgan fingerprint density at radius 1 is 1.04 bits per heavy atom. The summed E-state index contributed by atoms with van der Waals surface area (Å²) in [6.45, 7) is 0.467. The first kappa shape index (κ1) is 17.5. The molecule has 1 aliphatic rings. The van der Waals surface area contributed by atoms with E-state index in [1.165, 1.54) is 4.90 Å². The molecule has 1 saturated heterocycles. The van der Waals surface area contributed by atoms with Crippen LogP contribution in [-0.2, 0) is 4.79 Å². The number of nitrogens with zero attached hydrogens (tertiary/aromatic N) is 2. The van der Waals surface area contributed by atoms with Crippen molar-refractivity contribution in [2.45, 2.75) is 18.9 Å². The van der Waals surface area contributed by atoms with Gasteiger partial charge in [-0.3, -0.25) is 9.59 Å². The largest absolute Gasteiger partial charge is 0.457 e. The lowest BCUT2D eigenvalue weighted by molar-refractivity contribution is -0.121. The highest BCUT2D eigenvalue weighted by Gasteiger charge is 2.35. The Kier molecular flexibility index (Phi) is 5.17. The molecule has 0 spiro atoms. The molecule has 7 heteroatoms. The summed E-state index contributed by atoms with van der Waals surface area (Å²) < 4.78 is 5.85. The molecular weight excluding hydrogens is 332 g/mol. The SMILES string of the molecule is NC(N)=NC(=O)C1CCCN1C(=O)c1ccccc1Oc1ccccc1. The maximum absolute atomic E-state index is 13.0. The van der Waals surface area contributed by atoms with Crippen molar-refractivity contribution in [1.29, 1.82) is 0 Å². The summed E-state index contributed by atoms with van der Waals surface area (Å²) in [4.78, 5) is 30.3. The van der Waals surface area contributed by atoms with Gasteiger partial charge in [0, 0.05) is 6.54 Å². The predicted octanol–water partition coefficient (Wildman–Crippen LogP) is 1.88. The standard InChI is InChI=1S/C19H20N4O3/c20-19(21)22-17(24)15-10-6-12-23(15)18(25)14-9-4-5-11-16(14)26-13-7-2-1-3-8-13/h1-5,7-9,11,15H,6,10,12H2,(H4,20,21,22,24). The molecule has 1 heterocycles. The van der Waals surface area contributed by atoms with Crippen molar-refractivity contribution in [3.8, 4) is 11.5 Å². The number of aliphatic imine (C=N–C) groups is 1. The van der Waals surface area contributed by atoms with E-state index in [9.17, 15) is 9.59 Å². The van der Waals surface area contributed by atoms with Gasteiger partial charge in [0.05, 0.1) is 5.56 Å². The van der Waals surface area contributed by atoms with Crippen LogP contribution in [0.1, 0.15) is 23.2 Å². The van der Waals surface area contributed by atoms with E-state index in [0.717, 1.165) is 0 Å². The number of guanidine groups is 1. The molecule has 3 rings (SSSR count). The van der Waals surface area contributed by atoms with Crippen molar-refractivity contribution in [1.82, 2.24) is 4.90 Å². The summed E-state index contributed by atoms with van der Waals surface area (Å²) in [6.07, 6.45) is 1.24. The van der Waals surface area contributed by atoms with E-state index in [4.69, 9.17) is 16.2 Å². The Morgan fingerprint density at radius 2 is 1.73 bits per heavy atom. The lowest BCUT2D eigenvalue weighted by Gasteiger charge is -2.23. The van der Waals surface area contributed by atoms with E-state index in [2.05, 4.69) is 4.99 Å². The fourth-order valence-electron chi connectivity index (χ4n) is 2.97. The zero-order valence-corrected chi connectivity index (χ0v) is 14.2. The van der Waals surface area contributed by atoms with Crippen LogP contribution < -0.4 is 16.2 Å². The first-order chi connectivity index (χ1) is 12.6. The van der Waals surface area contributed by atoms with Crippen LogP contribution in [0.4, 0.5) is 0 Å². The summed E-state index contributed by atoms with van der Waals surface area (Å²) in [7, 11) is 0. The molecule has 4 N–H and O–H groups in total. The molecule has 2 aromatic rings. The summed E-state index contributed by atoms with van der Waals surface area (Å²) in [5, 5.41) is 0. The lowest BCUT2D eigenvalue weighted by atomic mass is 10.1. The third-order valence-corrected chi connectivity index (χ3v) is 4.13. The minimum absolute atomic E-state index is 0.279. The zero-order valence-electron chi connectivity index (χ0n) is 14.2. The maximum Gasteiger partial charge on any atom is 0.271 e. The van der Waals surface area contributed by atoms with Crippen LogP contribution in [-0.4, -0.2) is 35.3 Å². The van der Waals surface area contributed by atoms with Crippen LogP contribution in [0, 0.1) is 0 Å². The van der Waals surface area contributed by atoms with Crippen LogP contribution in [0.2, 0.25) is 0 Å². The van der Waals surface area contributed by atoms with Crippen LogP contribution in [0.3, 0.4) is 0 Å². The van der Waals surface area contributed by atoms with Gasteiger partial charge >= 0.3 is 0 Å². The number of nitrogens with two attached hydrogens (primary N) is 2. The number of amides is 2. The van der Waals surface area contributed by atoms with Gasteiger partial charge in [-0.15, -0.1) is 0 Å². The van der Waals surface area contributed by atoms with Crippen molar-refractivity contribution in [3.05, 3.63) is 60.2 Å². The van der Waals surface area contributed by atoms with Gasteiger partial charge in [0.1, 0.15) is 17.5 Å². The van der Waals surface area contributed by atoms with Gasteiger partial charge in [0.25, 0.3) is 11.8 Å². The van der Waals surface area contributed by atoms with Crippen molar-refractivity contribution < 1.29 is 14.3 Å². The van der Waals surface area contributed by atoms with E-state index < -0.39 is 11.9 Å². The number of carbonyl (C=O) groups is 2. The van der Waals surface area contributed by atoms with E-state index in [1.54, 1.807) is 24.3 Å². The van der Waals surface area contributed by atoms with Crippen LogP contribution in [0.25, 0.3) is 0 Å². The van der Waals surface area contributed by atoms with E-state index in [0.29, 0.717) is 36.4 Å². The molecule has 2 amide bonds. The molecule has 1 atom stereocenters. The summed E-state index contributed by atoms with van der Waals surface area (Å²) in [5.74, 6) is -0.0245. The minimum atomic E-state index is -0.658. The Hall–Kier alpha value is -3.35. The van der Waals surface area contributed by atoms with Crippen molar-refractivity contribution >= 4 is 17.8 Å². The van der Waals surface area contributed by atoms with Gasteiger partial charge in [0.15, 0.2) is 5.96 Å². The first-order valence-electron chi connectivity index (χ1n) is 8.32. The van der Waals surface area contributed by atoms with Crippen LogP contribution in [0.5, 0.6) is 11.5 Å². The first-order valence-corrected chi connectivity index (χ1v) is 8.32. The predicted molar refractivity (Wildman–Crippen MR) is 97.8 cm³/mol. The second kappa shape index (κ2) is 7.69. The average Bonchev–Trinajstić information content (AvgIpc) is 3.12. The zero-order chi connectivity index (χ0) is 18.5. The van der Waals surface area contributed by atoms with Crippen LogP contribution in [0.15, 0.2) is 59.6 Å². The van der Waals surface area contributed by atoms with Gasteiger partial charge in [-0.2, -0.15) is 4.99 Å². The smallest absolute Gasteiger partial charge is 0.271 e. The summed E-state index contributed by atoms with van der Waals surface area (Å²) in [6, 6.07) is 15.5. The highest BCUT2D eigenvalue weighted by molar-refractivity contribution is 6.02. The topological polar surface area (TPSA) is 111 Å². The Morgan fingerprint density at radius 3 is 2.46 bits per heavy atom. The number of ether oxygens (including phenoxy) is 1. The fraction of sp³-hybridized carbons (Fsp3) is 0.211. The molecular formula is C19H20N4O3. The van der Waals surface area contributed by atoms with Gasteiger partial charge in [-0.1, -0.05) is 30.3 Å². The summed E-state index contributed by atoms with van der Waals surface area (Å²) in [5.41, 5.74) is 11.0. The van der Waals surface area contributed by atoms with E-state index in [1.807, 2.05) is 30.3 Å². The molecule has 1 aliphatic heterocycles. The third-order valence-electron chi connectivity index (χ3n) is 4.13. The van der Waals surface area contributed by atoms with Gasteiger partial charge in [-0.25, -0.2) is 0 Å². The molecule has 0 saturated carbocycles. The minimum Gasteiger partial charge on any atom is -0.457 e. The Labute approximate surface area is 151 Å². The number of carbonyl (C=O) groups excluding carboxylic acids is 2. The molecule has 1 unspecified atom stereocenters. The third kappa shape index (κ3) is 3.83. The van der Waals surface area contributed by atoms with Crippen molar-refractivity contribution in [2.75, 3.05) is 6.54 Å². The molecule has 2 aromatic carbocycles.